The molecular weight excluding hydrogens is 535 g/mol. The Morgan fingerprint density at radius 3 is 2.21 bits per heavy atom. The molecule has 2 aromatic carbocycles. The number of nitrogens with one attached hydrogen (secondary N) is 2. The first-order chi connectivity index (χ1) is 17.9. The van der Waals surface area contributed by atoms with Crippen molar-refractivity contribution in [1.29, 1.82) is 0 Å². The highest BCUT2D eigenvalue weighted by atomic mass is 35.5. The fourth-order valence-corrected chi connectivity index (χ4v) is 5.39. The minimum Gasteiger partial charge on any atom is -0.326 e. The quantitative estimate of drug-likeness (QED) is 0.459. The largest absolute Gasteiger partial charge is 0.326 e. The van der Waals surface area contributed by atoms with Gasteiger partial charge in [0.1, 0.15) is 5.82 Å². The van der Waals surface area contributed by atoms with Crippen LogP contribution >= 0.6 is 11.6 Å². The maximum Gasteiger partial charge on any atom is 0.255 e. The van der Waals surface area contributed by atoms with E-state index in [9.17, 15) is 27.2 Å². The zero-order chi connectivity index (χ0) is 27.6. The van der Waals surface area contributed by atoms with Crippen molar-refractivity contribution in [3.05, 3.63) is 88.1 Å². The molecule has 2 N–H and O–H groups in total. The first kappa shape index (κ1) is 27.5. The van der Waals surface area contributed by atoms with Crippen molar-refractivity contribution in [3.8, 4) is 5.69 Å². The number of sulfonamides is 1. The SMILES string of the molecule is CN(C1CC(C(=O)Nc2ccc(Cl)cc2)C(C(=O)Nc2ccc(-n3ccccc3=O)cc2F)C1)S(C)(=O)=O. The second-order valence-electron chi connectivity index (χ2n) is 9.18. The number of hydrogen-bond donors (Lipinski definition) is 2. The summed E-state index contributed by atoms with van der Waals surface area (Å²) in [6.07, 6.45) is 2.74. The Kier molecular flexibility index (Phi) is 8.00. The average Bonchev–Trinajstić information content (AvgIpc) is 3.32. The van der Waals surface area contributed by atoms with Crippen LogP contribution in [0.4, 0.5) is 15.8 Å². The Hall–Kier alpha value is -3.54. The third-order valence-electron chi connectivity index (χ3n) is 6.67. The van der Waals surface area contributed by atoms with Crippen molar-refractivity contribution in [2.24, 2.45) is 11.8 Å². The summed E-state index contributed by atoms with van der Waals surface area (Å²) in [5, 5.41) is 5.77. The second kappa shape index (κ2) is 11.1. The number of carbonyl (C=O) groups excluding carboxylic acids is 2. The normalized spacial score (nSPS) is 19.3. The van der Waals surface area contributed by atoms with Crippen LogP contribution in [-0.2, 0) is 19.6 Å². The van der Waals surface area contributed by atoms with Crippen LogP contribution in [0, 0.1) is 17.7 Å². The van der Waals surface area contributed by atoms with Gasteiger partial charge in [-0.25, -0.2) is 17.1 Å². The first-order valence-corrected chi connectivity index (χ1v) is 13.9. The lowest BCUT2D eigenvalue weighted by molar-refractivity contribution is -0.128. The standard InChI is InChI=1S/C26H26ClFN4O5S/c1-31(38(2,36)37)19-13-20(25(34)29-17-8-6-16(27)7-9-17)21(14-19)26(35)30-23-11-10-18(15-22(23)28)32-12-4-3-5-24(32)33/h3-12,15,19-21H,13-14H2,1-2H3,(H,29,34)(H,30,35). The van der Waals surface area contributed by atoms with Gasteiger partial charge in [-0.05, 0) is 55.3 Å². The van der Waals surface area contributed by atoms with E-state index in [4.69, 9.17) is 11.6 Å². The summed E-state index contributed by atoms with van der Waals surface area (Å²) in [5.74, 6) is -3.64. The molecule has 38 heavy (non-hydrogen) atoms. The Labute approximate surface area is 224 Å². The molecule has 2 amide bonds. The van der Waals surface area contributed by atoms with Crippen molar-refractivity contribution < 1.29 is 22.4 Å². The number of pyridine rings is 1. The molecule has 200 valence electrons. The Morgan fingerprint density at radius 2 is 1.63 bits per heavy atom. The molecule has 3 unspecified atom stereocenters. The van der Waals surface area contributed by atoms with Crippen LogP contribution in [0.25, 0.3) is 5.69 Å². The maximum absolute atomic E-state index is 14.9. The zero-order valence-electron chi connectivity index (χ0n) is 20.6. The second-order valence-corrected chi connectivity index (χ2v) is 11.7. The number of amides is 2. The van der Waals surface area contributed by atoms with Crippen LogP contribution in [0.3, 0.4) is 0 Å². The molecule has 0 spiro atoms. The summed E-state index contributed by atoms with van der Waals surface area (Å²) < 4.78 is 41.6. The predicted octanol–water partition coefficient (Wildman–Crippen LogP) is 3.49. The molecule has 0 radical (unpaired) electrons. The van der Waals surface area contributed by atoms with E-state index in [2.05, 4.69) is 10.6 Å². The highest BCUT2D eigenvalue weighted by Gasteiger charge is 2.45. The summed E-state index contributed by atoms with van der Waals surface area (Å²) in [4.78, 5) is 38.5. The summed E-state index contributed by atoms with van der Waals surface area (Å²) in [6, 6.07) is 14.3. The highest BCUT2D eigenvalue weighted by Crippen LogP contribution is 2.37. The van der Waals surface area contributed by atoms with Crippen LogP contribution < -0.4 is 16.2 Å². The molecule has 1 fully saturated rings. The van der Waals surface area contributed by atoms with Crippen LogP contribution in [0.15, 0.2) is 71.7 Å². The molecule has 1 aromatic heterocycles. The number of benzene rings is 2. The van der Waals surface area contributed by atoms with Gasteiger partial charge in [-0.2, -0.15) is 0 Å². The molecule has 0 saturated heterocycles. The third kappa shape index (κ3) is 6.12. The molecule has 9 nitrogen and oxygen atoms in total. The predicted molar refractivity (Wildman–Crippen MR) is 143 cm³/mol. The van der Waals surface area contributed by atoms with E-state index in [1.54, 1.807) is 36.4 Å². The first-order valence-electron chi connectivity index (χ1n) is 11.7. The molecule has 4 rings (SSSR count). The number of anilines is 2. The van der Waals surface area contributed by atoms with E-state index in [1.165, 1.54) is 36.0 Å². The van der Waals surface area contributed by atoms with Gasteiger partial charge < -0.3 is 10.6 Å². The summed E-state index contributed by atoms with van der Waals surface area (Å²) >= 11 is 5.90. The van der Waals surface area contributed by atoms with Gasteiger partial charge in [-0.3, -0.25) is 19.0 Å². The van der Waals surface area contributed by atoms with Crippen molar-refractivity contribution >= 4 is 44.8 Å². The number of nitrogens with zero attached hydrogens (tertiary/aromatic N) is 2. The lowest BCUT2D eigenvalue weighted by Crippen LogP contribution is -2.35. The number of rotatable bonds is 7. The average molecular weight is 561 g/mol. The van der Waals surface area contributed by atoms with Gasteiger partial charge in [-0.1, -0.05) is 17.7 Å². The van der Waals surface area contributed by atoms with Crippen molar-refractivity contribution in [1.82, 2.24) is 8.87 Å². The van der Waals surface area contributed by atoms with Crippen molar-refractivity contribution in [2.45, 2.75) is 18.9 Å². The molecule has 1 aliphatic rings. The summed E-state index contributed by atoms with van der Waals surface area (Å²) in [5.41, 5.74) is 0.281. The van der Waals surface area contributed by atoms with E-state index < -0.39 is 45.5 Å². The van der Waals surface area contributed by atoms with Crippen LogP contribution in [0.1, 0.15) is 12.8 Å². The van der Waals surface area contributed by atoms with Gasteiger partial charge in [0, 0.05) is 42.1 Å². The van der Waals surface area contributed by atoms with E-state index in [-0.39, 0.29) is 29.8 Å². The maximum atomic E-state index is 14.9. The molecular formula is C26H26ClFN4O5S. The smallest absolute Gasteiger partial charge is 0.255 e. The fourth-order valence-electron chi connectivity index (χ4n) is 4.55. The van der Waals surface area contributed by atoms with Crippen molar-refractivity contribution in [2.75, 3.05) is 23.9 Å². The monoisotopic (exact) mass is 560 g/mol. The van der Waals surface area contributed by atoms with Gasteiger partial charge in [-0.15, -0.1) is 0 Å². The number of aromatic nitrogens is 1. The molecule has 1 saturated carbocycles. The van der Waals surface area contributed by atoms with Crippen LogP contribution in [-0.4, -0.2) is 48.4 Å². The molecule has 0 bridgehead atoms. The van der Waals surface area contributed by atoms with Gasteiger partial charge in [0.2, 0.25) is 21.8 Å². The van der Waals surface area contributed by atoms with Gasteiger partial charge in [0.15, 0.2) is 0 Å². The van der Waals surface area contributed by atoms with E-state index in [0.717, 1.165) is 16.6 Å². The molecule has 3 atom stereocenters. The topological polar surface area (TPSA) is 118 Å². The van der Waals surface area contributed by atoms with E-state index in [1.807, 2.05) is 0 Å². The lowest BCUT2D eigenvalue weighted by atomic mass is 9.94. The minimum absolute atomic E-state index is 0.0766. The van der Waals surface area contributed by atoms with Gasteiger partial charge >= 0.3 is 0 Å². The van der Waals surface area contributed by atoms with E-state index >= 15 is 0 Å². The number of carbonyl (C=O) groups is 2. The zero-order valence-corrected chi connectivity index (χ0v) is 22.2. The number of hydrogen-bond acceptors (Lipinski definition) is 5. The Morgan fingerprint density at radius 1 is 1.00 bits per heavy atom. The number of halogens is 2. The summed E-state index contributed by atoms with van der Waals surface area (Å²) in [6.45, 7) is 0. The third-order valence-corrected chi connectivity index (χ3v) is 8.27. The van der Waals surface area contributed by atoms with Gasteiger partial charge in [0.05, 0.1) is 29.5 Å². The van der Waals surface area contributed by atoms with E-state index in [0.29, 0.717) is 10.7 Å². The minimum atomic E-state index is -3.58. The molecule has 12 heteroatoms. The molecule has 1 heterocycles. The highest BCUT2D eigenvalue weighted by molar-refractivity contribution is 7.88. The fraction of sp³-hybridized carbons (Fsp3) is 0.269. The molecule has 3 aromatic rings. The van der Waals surface area contributed by atoms with Crippen molar-refractivity contribution in [3.63, 3.8) is 0 Å². The molecule has 1 aliphatic carbocycles. The van der Waals surface area contributed by atoms with Crippen LogP contribution in [0.2, 0.25) is 5.02 Å². The Balaban J connectivity index is 1.57. The van der Waals surface area contributed by atoms with Crippen LogP contribution in [0.5, 0.6) is 0 Å². The van der Waals surface area contributed by atoms with Gasteiger partial charge in [0.25, 0.3) is 5.56 Å². The molecule has 0 aliphatic heterocycles. The summed E-state index contributed by atoms with van der Waals surface area (Å²) in [7, 11) is -2.18. The lowest BCUT2D eigenvalue weighted by Gasteiger charge is -2.21. The Bertz CT molecular complexity index is 1530.